The van der Waals surface area contributed by atoms with E-state index in [0.29, 0.717) is 40.9 Å². The van der Waals surface area contributed by atoms with Gasteiger partial charge in [-0.3, -0.25) is 9.59 Å². The summed E-state index contributed by atoms with van der Waals surface area (Å²) in [6, 6.07) is 12.1. The molecule has 7 nitrogen and oxygen atoms in total. The summed E-state index contributed by atoms with van der Waals surface area (Å²) in [5.41, 5.74) is 0.327. The summed E-state index contributed by atoms with van der Waals surface area (Å²) in [7, 11) is 0. The van der Waals surface area contributed by atoms with Gasteiger partial charge in [0.2, 0.25) is 5.91 Å². The Bertz CT molecular complexity index is 1010. The number of hydrogen-bond acceptors (Lipinski definition) is 7. The molecule has 1 aliphatic rings. The van der Waals surface area contributed by atoms with Gasteiger partial charge < -0.3 is 19.5 Å². The van der Waals surface area contributed by atoms with Gasteiger partial charge in [-0.05, 0) is 31.2 Å². The summed E-state index contributed by atoms with van der Waals surface area (Å²) in [6.07, 6.45) is 0. The number of rotatable bonds is 7. The van der Waals surface area contributed by atoms with Crippen LogP contribution in [-0.2, 0) is 14.3 Å². The normalized spacial score (nSPS) is 13.8. The van der Waals surface area contributed by atoms with E-state index < -0.39 is 16.6 Å². The van der Waals surface area contributed by atoms with Gasteiger partial charge in [-0.25, -0.2) is 4.79 Å². The maximum atomic E-state index is 12.7. The number of fused-ring (bicyclic) bond motifs is 1. The summed E-state index contributed by atoms with van der Waals surface area (Å²) in [5, 5.41) is 2.37. The van der Waals surface area contributed by atoms with Crippen LogP contribution in [0.5, 0.6) is 11.5 Å². The number of hydrogen-bond donors (Lipinski definition) is 1. The topological polar surface area (TPSA) is 90.9 Å². The number of anilines is 1. The summed E-state index contributed by atoms with van der Waals surface area (Å²) >= 11 is 1.24. The quantitative estimate of drug-likeness (QED) is 0.488. The van der Waals surface area contributed by atoms with Crippen molar-refractivity contribution in [2.24, 2.45) is 5.41 Å². The van der Waals surface area contributed by atoms with Crippen molar-refractivity contribution in [1.29, 1.82) is 0 Å². The van der Waals surface area contributed by atoms with Crippen molar-refractivity contribution >= 4 is 35.1 Å². The predicted octanol–water partition coefficient (Wildman–Crippen LogP) is 4.35. The first-order valence-electron chi connectivity index (χ1n) is 10.3. The van der Waals surface area contributed by atoms with Crippen LogP contribution in [0.25, 0.3) is 0 Å². The van der Waals surface area contributed by atoms with Crippen molar-refractivity contribution in [1.82, 2.24) is 0 Å². The molecule has 3 rings (SSSR count). The standard InChI is InChI=1S/C24H27NO6S/c1-15(22(27)25-16-9-10-18-19(13-16)30-12-11-29-18)32-20-8-6-5-7-17(20)23(28)31-14-21(26)24(2,3)4/h5-10,13,15H,11-12,14H2,1-4H3,(H,25,27). The molecule has 1 amide bonds. The number of benzene rings is 2. The van der Waals surface area contributed by atoms with Gasteiger partial charge in [0.25, 0.3) is 0 Å². The molecule has 2 aromatic carbocycles. The van der Waals surface area contributed by atoms with E-state index in [0.717, 1.165) is 0 Å². The van der Waals surface area contributed by atoms with Crippen molar-refractivity contribution in [2.75, 3.05) is 25.1 Å². The Labute approximate surface area is 191 Å². The van der Waals surface area contributed by atoms with E-state index in [1.165, 1.54) is 11.8 Å². The third-order valence-corrected chi connectivity index (χ3v) is 5.94. The van der Waals surface area contributed by atoms with Crippen LogP contribution in [-0.4, -0.2) is 42.7 Å². The molecule has 0 saturated carbocycles. The molecule has 32 heavy (non-hydrogen) atoms. The largest absolute Gasteiger partial charge is 0.486 e. The van der Waals surface area contributed by atoms with Crippen LogP contribution in [0.1, 0.15) is 38.1 Å². The Morgan fingerprint density at radius 3 is 2.47 bits per heavy atom. The second-order valence-electron chi connectivity index (χ2n) is 8.35. The van der Waals surface area contributed by atoms with Crippen LogP contribution in [0.3, 0.4) is 0 Å². The molecule has 1 atom stereocenters. The van der Waals surface area contributed by atoms with Crippen LogP contribution < -0.4 is 14.8 Å². The first-order chi connectivity index (χ1) is 15.1. The molecule has 1 unspecified atom stereocenters. The van der Waals surface area contributed by atoms with E-state index in [-0.39, 0.29) is 18.3 Å². The number of esters is 1. The molecule has 1 aliphatic heterocycles. The fraction of sp³-hybridized carbons (Fsp3) is 0.375. The second kappa shape index (κ2) is 10.1. The number of amides is 1. The van der Waals surface area contributed by atoms with Gasteiger partial charge in [0.05, 0.1) is 10.8 Å². The Morgan fingerprint density at radius 2 is 1.75 bits per heavy atom. The summed E-state index contributed by atoms with van der Waals surface area (Å²) in [4.78, 5) is 38.0. The van der Waals surface area contributed by atoms with Crippen LogP contribution in [0.4, 0.5) is 5.69 Å². The van der Waals surface area contributed by atoms with E-state index in [9.17, 15) is 14.4 Å². The Kier molecular flexibility index (Phi) is 7.45. The van der Waals surface area contributed by atoms with E-state index in [2.05, 4.69) is 5.32 Å². The lowest BCUT2D eigenvalue weighted by Crippen LogP contribution is -2.26. The maximum Gasteiger partial charge on any atom is 0.339 e. The minimum atomic E-state index is -0.592. The predicted molar refractivity (Wildman–Crippen MR) is 123 cm³/mol. The zero-order chi connectivity index (χ0) is 23.3. The van der Waals surface area contributed by atoms with Crippen LogP contribution >= 0.6 is 11.8 Å². The van der Waals surface area contributed by atoms with Crippen molar-refractivity contribution in [2.45, 2.75) is 37.8 Å². The highest BCUT2D eigenvalue weighted by molar-refractivity contribution is 8.00. The van der Waals surface area contributed by atoms with Crippen LogP contribution in [0, 0.1) is 5.41 Å². The minimum Gasteiger partial charge on any atom is -0.486 e. The van der Waals surface area contributed by atoms with Crippen molar-refractivity contribution in [3.8, 4) is 11.5 Å². The van der Waals surface area contributed by atoms with E-state index >= 15 is 0 Å². The molecule has 1 heterocycles. The highest BCUT2D eigenvalue weighted by atomic mass is 32.2. The van der Waals surface area contributed by atoms with Gasteiger partial charge in [-0.2, -0.15) is 0 Å². The third kappa shape index (κ3) is 6.03. The average Bonchev–Trinajstić information content (AvgIpc) is 2.76. The summed E-state index contributed by atoms with van der Waals surface area (Å²) in [5.74, 6) is 0.257. The van der Waals surface area contributed by atoms with Crippen LogP contribution in [0.15, 0.2) is 47.4 Å². The Morgan fingerprint density at radius 1 is 1.06 bits per heavy atom. The molecular weight excluding hydrogens is 430 g/mol. The average molecular weight is 458 g/mol. The molecule has 170 valence electrons. The molecule has 0 spiro atoms. The molecule has 0 radical (unpaired) electrons. The zero-order valence-corrected chi connectivity index (χ0v) is 19.4. The van der Waals surface area contributed by atoms with Gasteiger partial charge in [-0.1, -0.05) is 32.9 Å². The fourth-order valence-corrected chi connectivity index (χ4v) is 3.75. The Balaban J connectivity index is 1.63. The molecule has 0 bridgehead atoms. The van der Waals surface area contributed by atoms with Gasteiger partial charge in [0, 0.05) is 22.1 Å². The highest BCUT2D eigenvalue weighted by Gasteiger charge is 2.24. The number of carbonyl (C=O) groups excluding carboxylic acids is 3. The first-order valence-corrected chi connectivity index (χ1v) is 11.2. The second-order valence-corrected chi connectivity index (χ2v) is 9.74. The van der Waals surface area contributed by atoms with Gasteiger partial charge in [-0.15, -0.1) is 11.8 Å². The minimum absolute atomic E-state index is 0.164. The number of nitrogens with one attached hydrogen (secondary N) is 1. The van der Waals surface area contributed by atoms with Gasteiger partial charge >= 0.3 is 5.97 Å². The molecule has 0 saturated heterocycles. The molecule has 1 N–H and O–H groups in total. The summed E-state index contributed by atoms with van der Waals surface area (Å²) in [6.45, 7) is 7.74. The summed E-state index contributed by atoms with van der Waals surface area (Å²) < 4.78 is 16.3. The molecular formula is C24H27NO6S. The van der Waals surface area contributed by atoms with Crippen molar-refractivity contribution in [3.05, 3.63) is 48.0 Å². The van der Waals surface area contributed by atoms with E-state index in [1.807, 2.05) is 0 Å². The lowest BCUT2D eigenvalue weighted by molar-refractivity contribution is -0.129. The van der Waals surface area contributed by atoms with Gasteiger partial charge in [0.15, 0.2) is 23.9 Å². The highest BCUT2D eigenvalue weighted by Crippen LogP contribution is 2.33. The number of ether oxygens (including phenoxy) is 3. The molecule has 0 aliphatic carbocycles. The van der Waals surface area contributed by atoms with Crippen molar-refractivity contribution < 1.29 is 28.6 Å². The van der Waals surface area contributed by atoms with E-state index in [1.54, 1.807) is 70.2 Å². The Hall–Kier alpha value is -3.00. The van der Waals surface area contributed by atoms with Gasteiger partial charge in [0.1, 0.15) is 13.2 Å². The number of Topliss-reactive ketones (excluding diaryl/α,β-unsaturated/α-hetero) is 1. The molecule has 2 aromatic rings. The number of carbonyl (C=O) groups is 3. The first kappa shape index (κ1) is 23.7. The number of ketones is 1. The molecule has 0 fully saturated rings. The fourth-order valence-electron chi connectivity index (χ4n) is 2.77. The van der Waals surface area contributed by atoms with Crippen LogP contribution in [0.2, 0.25) is 0 Å². The number of thioether (sulfide) groups is 1. The lowest BCUT2D eigenvalue weighted by Gasteiger charge is -2.19. The van der Waals surface area contributed by atoms with E-state index in [4.69, 9.17) is 14.2 Å². The SMILES string of the molecule is CC(Sc1ccccc1C(=O)OCC(=O)C(C)(C)C)C(=O)Nc1ccc2c(c1)OCCO2. The monoisotopic (exact) mass is 457 g/mol. The molecule has 0 aromatic heterocycles. The lowest BCUT2D eigenvalue weighted by atomic mass is 9.91. The molecule has 8 heteroatoms. The maximum absolute atomic E-state index is 12.7. The smallest absolute Gasteiger partial charge is 0.339 e. The zero-order valence-electron chi connectivity index (χ0n) is 18.6. The van der Waals surface area contributed by atoms with Crippen molar-refractivity contribution in [3.63, 3.8) is 0 Å². The third-order valence-electron chi connectivity index (χ3n) is 4.76.